The molecule has 0 aliphatic rings. The van der Waals surface area contributed by atoms with Crippen LogP contribution in [0.2, 0.25) is 0 Å². The van der Waals surface area contributed by atoms with E-state index in [1.54, 1.807) is 0 Å². The molecule has 1 amide bonds. The lowest BCUT2D eigenvalue weighted by Gasteiger charge is -2.30. The molecule has 0 heterocycles. The van der Waals surface area contributed by atoms with Crippen molar-refractivity contribution in [3.63, 3.8) is 0 Å². The van der Waals surface area contributed by atoms with Gasteiger partial charge >= 0.3 is 0 Å². The SMILES string of the molecule is CCCCCC[C@@H](O)C/C=C/CCCCCCCC(=O)NCCC[N+](C)(C)Cc1ccccc1. The van der Waals surface area contributed by atoms with Crippen LogP contribution in [-0.2, 0) is 11.3 Å². The fourth-order valence-electron chi connectivity index (χ4n) is 4.35. The molecule has 0 unspecified atom stereocenters. The highest BCUT2D eigenvalue weighted by molar-refractivity contribution is 5.75. The van der Waals surface area contributed by atoms with Crippen LogP contribution in [0.25, 0.3) is 0 Å². The van der Waals surface area contributed by atoms with Gasteiger partial charge in [0, 0.05) is 24.9 Å². The van der Waals surface area contributed by atoms with Crippen LogP contribution in [-0.4, -0.2) is 48.8 Å². The summed E-state index contributed by atoms with van der Waals surface area (Å²) in [6, 6.07) is 10.6. The van der Waals surface area contributed by atoms with Crippen LogP contribution in [0.4, 0.5) is 0 Å². The Bertz CT molecular complexity index is 642. The van der Waals surface area contributed by atoms with E-state index in [2.05, 4.69) is 68.8 Å². The summed E-state index contributed by atoms with van der Waals surface area (Å²) in [6.07, 6.45) is 19.4. The van der Waals surface area contributed by atoms with Crippen molar-refractivity contribution < 1.29 is 14.4 Å². The molecule has 1 aromatic rings. The van der Waals surface area contributed by atoms with Gasteiger partial charge in [-0.15, -0.1) is 0 Å². The fraction of sp³-hybridized carbons (Fsp3) is 0.700. The van der Waals surface area contributed by atoms with E-state index in [-0.39, 0.29) is 12.0 Å². The minimum Gasteiger partial charge on any atom is -0.393 e. The van der Waals surface area contributed by atoms with Crippen molar-refractivity contribution in [2.24, 2.45) is 0 Å². The standard InChI is InChI=1S/C30H52N2O2/c1-4-5-6-16-22-29(33)23-17-11-9-7-8-10-12-18-24-30(34)31-25-19-26-32(2,3)27-28-20-14-13-15-21-28/h11,13-15,17,20-21,29,33H,4-10,12,16,18-19,22-27H2,1-3H3/p+1/b17-11+/t29-/m1/s1. The molecule has 2 N–H and O–H groups in total. The number of rotatable bonds is 21. The first-order valence-corrected chi connectivity index (χ1v) is 13.9. The number of nitrogens with zero attached hydrogens (tertiary/aromatic N) is 1. The van der Waals surface area contributed by atoms with Crippen LogP contribution in [0, 0.1) is 0 Å². The average molecular weight is 474 g/mol. The third-order valence-electron chi connectivity index (χ3n) is 6.46. The second-order valence-corrected chi connectivity index (χ2v) is 10.5. The number of unbranched alkanes of at least 4 members (excludes halogenated alkanes) is 8. The van der Waals surface area contributed by atoms with Crippen molar-refractivity contribution >= 4 is 5.91 Å². The van der Waals surface area contributed by atoms with Crippen molar-refractivity contribution in [1.29, 1.82) is 0 Å². The molecule has 0 aliphatic carbocycles. The smallest absolute Gasteiger partial charge is 0.219 e. The first kappa shape index (κ1) is 30.4. The van der Waals surface area contributed by atoms with E-state index in [0.717, 1.165) is 69.1 Å². The molecule has 0 aliphatic heterocycles. The van der Waals surface area contributed by atoms with Crippen molar-refractivity contribution in [2.75, 3.05) is 27.2 Å². The zero-order valence-electron chi connectivity index (χ0n) is 22.4. The molecule has 1 rings (SSSR count). The summed E-state index contributed by atoms with van der Waals surface area (Å²) in [5, 5.41) is 13.1. The van der Waals surface area contributed by atoms with Gasteiger partial charge in [0.25, 0.3) is 0 Å². The number of nitrogens with one attached hydrogen (secondary N) is 1. The van der Waals surface area contributed by atoms with Crippen LogP contribution in [0.1, 0.15) is 102 Å². The highest BCUT2D eigenvalue weighted by Crippen LogP contribution is 2.11. The van der Waals surface area contributed by atoms with Crippen LogP contribution in [0.5, 0.6) is 0 Å². The third kappa shape index (κ3) is 17.8. The Morgan fingerprint density at radius 2 is 1.65 bits per heavy atom. The van der Waals surface area contributed by atoms with Crippen LogP contribution < -0.4 is 5.32 Å². The predicted octanol–water partition coefficient (Wildman–Crippen LogP) is 6.78. The summed E-state index contributed by atoms with van der Waals surface area (Å²) in [4.78, 5) is 12.1. The Labute approximate surface area is 210 Å². The molecule has 34 heavy (non-hydrogen) atoms. The second kappa shape index (κ2) is 19.6. The minimum atomic E-state index is -0.168. The first-order valence-electron chi connectivity index (χ1n) is 13.9. The number of amides is 1. The quantitative estimate of drug-likeness (QED) is 0.117. The average Bonchev–Trinajstić information content (AvgIpc) is 2.81. The molecular weight excluding hydrogens is 420 g/mol. The van der Waals surface area contributed by atoms with E-state index in [4.69, 9.17) is 0 Å². The Morgan fingerprint density at radius 3 is 2.41 bits per heavy atom. The van der Waals surface area contributed by atoms with E-state index in [1.165, 1.54) is 44.1 Å². The van der Waals surface area contributed by atoms with E-state index in [9.17, 15) is 9.90 Å². The summed E-state index contributed by atoms with van der Waals surface area (Å²) in [5.74, 6) is 0.199. The lowest BCUT2D eigenvalue weighted by atomic mass is 10.1. The summed E-state index contributed by atoms with van der Waals surface area (Å²) >= 11 is 0. The van der Waals surface area contributed by atoms with Gasteiger partial charge in [-0.3, -0.25) is 4.79 Å². The van der Waals surface area contributed by atoms with Crippen molar-refractivity contribution in [2.45, 2.75) is 109 Å². The number of carbonyl (C=O) groups excluding carboxylic acids is 1. The summed E-state index contributed by atoms with van der Waals surface area (Å²) in [7, 11) is 4.51. The Hall–Kier alpha value is -1.65. The third-order valence-corrected chi connectivity index (χ3v) is 6.46. The minimum absolute atomic E-state index is 0.168. The maximum Gasteiger partial charge on any atom is 0.219 e. The predicted molar refractivity (Wildman–Crippen MR) is 146 cm³/mol. The number of aliphatic hydroxyl groups is 1. The van der Waals surface area contributed by atoms with Crippen molar-refractivity contribution in [3.05, 3.63) is 48.0 Å². The summed E-state index contributed by atoms with van der Waals surface area (Å²) in [6.45, 7) is 5.06. The van der Waals surface area contributed by atoms with E-state index in [0.29, 0.717) is 6.42 Å². The van der Waals surface area contributed by atoms with Gasteiger partial charge in [-0.1, -0.05) is 94.4 Å². The monoisotopic (exact) mass is 473 g/mol. The topological polar surface area (TPSA) is 49.3 Å². The van der Waals surface area contributed by atoms with E-state index >= 15 is 0 Å². The molecule has 194 valence electrons. The highest BCUT2D eigenvalue weighted by atomic mass is 16.3. The van der Waals surface area contributed by atoms with Gasteiger partial charge in [-0.2, -0.15) is 0 Å². The molecule has 0 saturated heterocycles. The van der Waals surface area contributed by atoms with Gasteiger partial charge in [0.15, 0.2) is 0 Å². The largest absolute Gasteiger partial charge is 0.393 e. The molecule has 1 atom stereocenters. The summed E-state index contributed by atoms with van der Waals surface area (Å²) in [5.41, 5.74) is 1.36. The van der Waals surface area contributed by atoms with Gasteiger partial charge in [0.2, 0.25) is 5.91 Å². The zero-order valence-corrected chi connectivity index (χ0v) is 22.4. The number of aliphatic hydroxyl groups excluding tert-OH is 1. The van der Waals surface area contributed by atoms with Crippen LogP contribution in [0.3, 0.4) is 0 Å². The Morgan fingerprint density at radius 1 is 0.941 bits per heavy atom. The normalized spacial score (nSPS) is 12.8. The summed E-state index contributed by atoms with van der Waals surface area (Å²) < 4.78 is 0.939. The van der Waals surface area contributed by atoms with Crippen molar-refractivity contribution in [1.82, 2.24) is 5.32 Å². The van der Waals surface area contributed by atoms with E-state index < -0.39 is 0 Å². The van der Waals surface area contributed by atoms with Gasteiger partial charge in [0.05, 0.1) is 26.7 Å². The molecule has 4 nitrogen and oxygen atoms in total. The number of hydrogen-bond acceptors (Lipinski definition) is 2. The van der Waals surface area contributed by atoms with Gasteiger partial charge in [0.1, 0.15) is 6.54 Å². The van der Waals surface area contributed by atoms with Gasteiger partial charge in [-0.25, -0.2) is 0 Å². The molecule has 0 aromatic heterocycles. The van der Waals surface area contributed by atoms with Gasteiger partial charge < -0.3 is 14.9 Å². The molecule has 0 saturated carbocycles. The fourth-order valence-corrected chi connectivity index (χ4v) is 4.35. The number of benzene rings is 1. The zero-order chi connectivity index (χ0) is 24.9. The molecular formula is C30H53N2O2+. The highest BCUT2D eigenvalue weighted by Gasteiger charge is 2.15. The number of quaternary nitrogens is 1. The maximum absolute atomic E-state index is 12.1. The number of hydrogen-bond donors (Lipinski definition) is 2. The van der Waals surface area contributed by atoms with Gasteiger partial charge in [-0.05, 0) is 32.1 Å². The van der Waals surface area contributed by atoms with Crippen LogP contribution in [0.15, 0.2) is 42.5 Å². The Balaban J connectivity index is 1.92. The Kier molecular flexibility index (Phi) is 17.5. The van der Waals surface area contributed by atoms with E-state index in [1.807, 2.05) is 0 Å². The molecule has 4 heteroatoms. The lowest BCUT2D eigenvalue weighted by molar-refractivity contribution is -0.903. The number of carbonyl (C=O) groups is 1. The lowest BCUT2D eigenvalue weighted by Crippen LogP contribution is -2.41. The van der Waals surface area contributed by atoms with Crippen LogP contribution >= 0.6 is 0 Å². The molecule has 0 bridgehead atoms. The molecule has 1 aromatic carbocycles. The number of allylic oxidation sites excluding steroid dienone is 1. The molecule has 0 spiro atoms. The maximum atomic E-state index is 12.1. The molecule has 0 fully saturated rings. The molecule has 0 radical (unpaired) electrons. The second-order valence-electron chi connectivity index (χ2n) is 10.5. The first-order chi connectivity index (χ1) is 16.4. The van der Waals surface area contributed by atoms with Crippen molar-refractivity contribution in [3.8, 4) is 0 Å².